The summed E-state index contributed by atoms with van der Waals surface area (Å²) in [6.07, 6.45) is 0.891. The predicted molar refractivity (Wildman–Crippen MR) is 118 cm³/mol. The number of benzene rings is 2. The van der Waals surface area contributed by atoms with Gasteiger partial charge in [-0.05, 0) is 49.1 Å². The van der Waals surface area contributed by atoms with Crippen molar-refractivity contribution in [3.05, 3.63) is 71.3 Å². The van der Waals surface area contributed by atoms with Crippen molar-refractivity contribution in [1.29, 1.82) is 0 Å². The second-order valence-corrected chi connectivity index (χ2v) is 7.85. The largest absolute Gasteiger partial charge is 0.383 e. The van der Waals surface area contributed by atoms with Crippen molar-refractivity contribution in [3.8, 4) is 0 Å². The van der Waals surface area contributed by atoms with Gasteiger partial charge in [-0.3, -0.25) is 14.4 Å². The van der Waals surface area contributed by atoms with E-state index in [1.54, 1.807) is 17.0 Å². The van der Waals surface area contributed by atoms with Gasteiger partial charge in [0.25, 0.3) is 11.8 Å². The van der Waals surface area contributed by atoms with E-state index >= 15 is 0 Å². The molecule has 33 heavy (non-hydrogen) atoms. The first-order chi connectivity index (χ1) is 15.9. The fraction of sp³-hybridized carbons (Fsp3) is 0.375. The summed E-state index contributed by atoms with van der Waals surface area (Å²) in [6, 6.07) is 10.1. The van der Waals surface area contributed by atoms with Crippen LogP contribution < -0.4 is 10.6 Å². The topological polar surface area (TPSA) is 87.7 Å². The van der Waals surface area contributed by atoms with Gasteiger partial charge in [-0.15, -0.1) is 0 Å². The number of hydrogen-bond donors (Lipinski definition) is 2. The van der Waals surface area contributed by atoms with Crippen LogP contribution in [0, 0.1) is 17.6 Å². The zero-order valence-electron chi connectivity index (χ0n) is 18.4. The summed E-state index contributed by atoms with van der Waals surface area (Å²) in [6.45, 7) is 1.26. The lowest BCUT2D eigenvalue weighted by Crippen LogP contribution is -2.54. The number of nitrogens with one attached hydrogen (secondary N) is 2. The van der Waals surface area contributed by atoms with Gasteiger partial charge in [0, 0.05) is 32.3 Å². The lowest BCUT2D eigenvalue weighted by Gasteiger charge is -2.36. The standard InChI is InChI=1S/C24H27F2N3O4/c1-33-14-11-27-23(31)21(28-22(30)19-7-2-3-8-20(19)26)16-9-12-29(13-10-16)24(32)17-5-4-6-18(25)15-17/h2-8,15-16,21H,9-14H2,1H3,(H,27,31)(H,28,30)/t21-/m0/s1. The van der Waals surface area contributed by atoms with Gasteiger partial charge in [-0.25, -0.2) is 8.78 Å². The summed E-state index contributed by atoms with van der Waals surface area (Å²) in [5.74, 6) is -2.79. The highest BCUT2D eigenvalue weighted by Gasteiger charge is 2.34. The van der Waals surface area contributed by atoms with Crippen LogP contribution in [-0.4, -0.2) is 62.0 Å². The Bertz CT molecular complexity index is 993. The Balaban J connectivity index is 1.69. The minimum atomic E-state index is -0.902. The van der Waals surface area contributed by atoms with E-state index in [-0.39, 0.29) is 29.5 Å². The lowest BCUT2D eigenvalue weighted by atomic mass is 9.88. The zero-order chi connectivity index (χ0) is 23.8. The third kappa shape index (κ3) is 6.35. The molecule has 2 aromatic rings. The Hall–Kier alpha value is -3.33. The van der Waals surface area contributed by atoms with E-state index in [2.05, 4.69) is 10.6 Å². The van der Waals surface area contributed by atoms with Crippen LogP contribution >= 0.6 is 0 Å². The fourth-order valence-corrected chi connectivity index (χ4v) is 3.89. The molecule has 0 radical (unpaired) electrons. The molecule has 0 spiro atoms. The molecule has 0 saturated carbocycles. The average Bonchev–Trinajstić information content (AvgIpc) is 2.82. The highest BCUT2D eigenvalue weighted by molar-refractivity contribution is 5.98. The summed E-state index contributed by atoms with van der Waals surface area (Å²) >= 11 is 0. The first-order valence-corrected chi connectivity index (χ1v) is 10.8. The molecule has 0 unspecified atom stereocenters. The molecular formula is C24H27F2N3O4. The van der Waals surface area contributed by atoms with Crippen molar-refractivity contribution in [2.45, 2.75) is 18.9 Å². The third-order valence-electron chi connectivity index (χ3n) is 5.66. The second-order valence-electron chi connectivity index (χ2n) is 7.85. The molecule has 3 amide bonds. The van der Waals surface area contributed by atoms with Crippen molar-refractivity contribution >= 4 is 17.7 Å². The SMILES string of the molecule is COCCNC(=O)[C@@H](NC(=O)c1ccccc1F)C1CCN(C(=O)c2cccc(F)c2)CC1. The molecule has 176 valence electrons. The number of halogens is 2. The molecule has 1 heterocycles. The van der Waals surface area contributed by atoms with Crippen LogP contribution in [0.4, 0.5) is 8.78 Å². The molecule has 0 aromatic heterocycles. The van der Waals surface area contributed by atoms with E-state index in [9.17, 15) is 23.2 Å². The van der Waals surface area contributed by atoms with Gasteiger partial charge in [0.1, 0.15) is 17.7 Å². The Morgan fingerprint density at radius 2 is 1.82 bits per heavy atom. The summed E-state index contributed by atoms with van der Waals surface area (Å²) in [4.78, 5) is 39.8. The van der Waals surface area contributed by atoms with Crippen molar-refractivity contribution < 1.29 is 27.9 Å². The molecule has 1 aliphatic heterocycles. The van der Waals surface area contributed by atoms with Gasteiger partial charge in [0.05, 0.1) is 12.2 Å². The number of amides is 3. The summed E-state index contributed by atoms with van der Waals surface area (Å²) < 4.78 is 32.5. The number of carbonyl (C=O) groups excluding carboxylic acids is 3. The molecule has 1 fully saturated rings. The zero-order valence-corrected chi connectivity index (χ0v) is 18.4. The Morgan fingerprint density at radius 1 is 1.09 bits per heavy atom. The van der Waals surface area contributed by atoms with Crippen LogP contribution in [0.5, 0.6) is 0 Å². The minimum Gasteiger partial charge on any atom is -0.383 e. The molecule has 7 nitrogen and oxygen atoms in total. The normalized spacial score (nSPS) is 15.1. The quantitative estimate of drug-likeness (QED) is 0.594. The molecular weight excluding hydrogens is 432 g/mol. The van der Waals surface area contributed by atoms with E-state index in [1.165, 1.54) is 43.5 Å². The molecule has 1 saturated heterocycles. The highest BCUT2D eigenvalue weighted by atomic mass is 19.1. The van der Waals surface area contributed by atoms with Gasteiger partial charge >= 0.3 is 0 Å². The molecule has 2 N–H and O–H groups in total. The number of nitrogens with zero attached hydrogens (tertiary/aromatic N) is 1. The van der Waals surface area contributed by atoms with Crippen LogP contribution in [0.3, 0.4) is 0 Å². The molecule has 1 aliphatic rings. The maximum absolute atomic E-state index is 14.1. The van der Waals surface area contributed by atoms with Crippen LogP contribution in [0.15, 0.2) is 48.5 Å². The Kier molecular flexibility index (Phi) is 8.48. The number of carbonyl (C=O) groups is 3. The number of hydrogen-bond acceptors (Lipinski definition) is 4. The number of methoxy groups -OCH3 is 1. The maximum atomic E-state index is 14.1. The van der Waals surface area contributed by atoms with Crippen LogP contribution in [-0.2, 0) is 9.53 Å². The first-order valence-electron chi connectivity index (χ1n) is 10.8. The van der Waals surface area contributed by atoms with Crippen molar-refractivity contribution in [3.63, 3.8) is 0 Å². The van der Waals surface area contributed by atoms with E-state index in [1.807, 2.05) is 0 Å². The first kappa shape index (κ1) is 24.3. The van der Waals surface area contributed by atoms with Gasteiger partial charge in [-0.1, -0.05) is 18.2 Å². The number of likely N-dealkylation sites (tertiary alicyclic amines) is 1. The smallest absolute Gasteiger partial charge is 0.254 e. The second kappa shape index (κ2) is 11.5. The molecule has 0 aliphatic carbocycles. The van der Waals surface area contributed by atoms with Gasteiger partial charge < -0.3 is 20.3 Å². The minimum absolute atomic E-state index is 0.147. The summed E-state index contributed by atoms with van der Waals surface area (Å²) in [7, 11) is 1.51. The summed E-state index contributed by atoms with van der Waals surface area (Å²) in [5.41, 5.74) is 0.112. The predicted octanol–water partition coefficient (Wildman–Crippen LogP) is 2.38. The molecule has 1 atom stereocenters. The average molecular weight is 459 g/mol. The van der Waals surface area contributed by atoms with E-state index in [0.717, 1.165) is 0 Å². The number of ether oxygens (including phenoxy) is 1. The fourth-order valence-electron chi connectivity index (χ4n) is 3.89. The van der Waals surface area contributed by atoms with Gasteiger partial charge in [-0.2, -0.15) is 0 Å². The van der Waals surface area contributed by atoms with E-state index < -0.39 is 29.5 Å². The monoisotopic (exact) mass is 459 g/mol. The lowest BCUT2D eigenvalue weighted by molar-refractivity contribution is -0.124. The molecule has 0 bridgehead atoms. The van der Waals surface area contributed by atoms with Crippen LogP contribution in [0.2, 0.25) is 0 Å². The van der Waals surface area contributed by atoms with E-state index in [0.29, 0.717) is 32.5 Å². The molecule has 9 heteroatoms. The molecule has 3 rings (SSSR count). The third-order valence-corrected chi connectivity index (χ3v) is 5.66. The number of piperidine rings is 1. The van der Waals surface area contributed by atoms with Crippen LogP contribution in [0.1, 0.15) is 33.6 Å². The molecule has 2 aromatic carbocycles. The number of rotatable bonds is 8. The summed E-state index contributed by atoms with van der Waals surface area (Å²) in [5, 5.41) is 5.39. The Morgan fingerprint density at radius 3 is 2.48 bits per heavy atom. The van der Waals surface area contributed by atoms with Gasteiger partial charge in [0.2, 0.25) is 5.91 Å². The van der Waals surface area contributed by atoms with Crippen molar-refractivity contribution in [1.82, 2.24) is 15.5 Å². The maximum Gasteiger partial charge on any atom is 0.254 e. The van der Waals surface area contributed by atoms with Crippen molar-refractivity contribution in [2.24, 2.45) is 5.92 Å². The van der Waals surface area contributed by atoms with E-state index in [4.69, 9.17) is 4.74 Å². The highest BCUT2D eigenvalue weighted by Crippen LogP contribution is 2.23. The Labute approximate surface area is 191 Å². The van der Waals surface area contributed by atoms with Crippen molar-refractivity contribution in [2.75, 3.05) is 33.4 Å². The van der Waals surface area contributed by atoms with Crippen LogP contribution in [0.25, 0.3) is 0 Å². The van der Waals surface area contributed by atoms with Gasteiger partial charge in [0.15, 0.2) is 0 Å².